The van der Waals surface area contributed by atoms with Crippen LogP contribution in [0, 0.1) is 11.7 Å². The predicted molar refractivity (Wildman–Crippen MR) is 120 cm³/mol. The van der Waals surface area contributed by atoms with Crippen molar-refractivity contribution in [3.63, 3.8) is 0 Å². The molecule has 1 unspecified atom stereocenters. The first kappa shape index (κ1) is 25.8. The lowest BCUT2D eigenvalue weighted by atomic mass is 10.1. The molecule has 0 radical (unpaired) electrons. The average molecular weight is 461 g/mol. The Bertz CT molecular complexity index is 916. The zero-order valence-electron chi connectivity index (χ0n) is 18.7. The number of halogens is 1. The van der Waals surface area contributed by atoms with E-state index in [-0.39, 0.29) is 31.4 Å². The number of rotatable bonds is 12. The molecule has 0 aliphatic carbocycles. The van der Waals surface area contributed by atoms with Crippen molar-refractivity contribution in [2.75, 3.05) is 18.5 Å². The van der Waals surface area contributed by atoms with Gasteiger partial charge in [0.1, 0.15) is 12.4 Å². The maximum Gasteiger partial charge on any atom is 0.408 e. The molecule has 2 amide bonds. The first-order valence-corrected chi connectivity index (χ1v) is 10.6. The van der Waals surface area contributed by atoms with Gasteiger partial charge in [0.2, 0.25) is 5.91 Å². The van der Waals surface area contributed by atoms with Crippen molar-refractivity contribution in [1.82, 2.24) is 5.32 Å². The van der Waals surface area contributed by atoms with Crippen molar-refractivity contribution >= 4 is 23.7 Å². The summed E-state index contributed by atoms with van der Waals surface area (Å²) in [7, 11) is 0. The number of carboxylic acid groups (broad SMARTS) is 1. The summed E-state index contributed by atoms with van der Waals surface area (Å²) in [6, 6.07) is 11.1. The van der Waals surface area contributed by atoms with E-state index in [0.29, 0.717) is 29.3 Å². The normalized spacial score (nSPS) is 11.6. The molecule has 2 aromatic carbocycles. The van der Waals surface area contributed by atoms with Crippen LogP contribution in [-0.2, 0) is 32.1 Å². The molecule has 3 N–H and O–H groups in total. The van der Waals surface area contributed by atoms with E-state index in [1.165, 1.54) is 12.1 Å². The van der Waals surface area contributed by atoms with Gasteiger partial charge in [0.05, 0.1) is 13.0 Å². The lowest BCUT2D eigenvalue weighted by molar-refractivity contribution is -0.141. The number of nitrogens with one attached hydrogen (secondary N) is 2. The van der Waals surface area contributed by atoms with Crippen LogP contribution in [0.15, 0.2) is 48.5 Å². The van der Waals surface area contributed by atoms with E-state index >= 15 is 0 Å². The number of hydrogen-bond donors (Lipinski definition) is 3. The molecule has 0 saturated heterocycles. The summed E-state index contributed by atoms with van der Waals surface area (Å²) in [5, 5.41) is 14.2. The second-order valence-corrected chi connectivity index (χ2v) is 7.92. The van der Waals surface area contributed by atoms with Gasteiger partial charge in [-0.1, -0.05) is 38.1 Å². The number of carbonyl (C=O) groups is 3. The highest BCUT2D eigenvalue weighted by Crippen LogP contribution is 2.12. The first-order valence-electron chi connectivity index (χ1n) is 10.6. The van der Waals surface area contributed by atoms with Crippen LogP contribution in [0.5, 0.6) is 0 Å². The monoisotopic (exact) mass is 460 g/mol. The Labute approximate surface area is 192 Å². The number of hydrogen-bond acceptors (Lipinski definition) is 5. The molecule has 0 aliphatic rings. The molecule has 0 aromatic heterocycles. The minimum atomic E-state index is -1.21. The smallest absolute Gasteiger partial charge is 0.408 e. The Morgan fingerprint density at radius 3 is 2.24 bits per heavy atom. The molecule has 0 spiro atoms. The number of anilines is 1. The minimum Gasteiger partial charge on any atom is -0.480 e. The maximum absolute atomic E-state index is 12.9. The van der Waals surface area contributed by atoms with Crippen molar-refractivity contribution < 1.29 is 33.4 Å². The summed E-state index contributed by atoms with van der Waals surface area (Å²) in [4.78, 5) is 35.3. The fourth-order valence-corrected chi connectivity index (χ4v) is 2.70. The topological polar surface area (TPSA) is 114 Å². The summed E-state index contributed by atoms with van der Waals surface area (Å²) < 4.78 is 23.3. The fourth-order valence-electron chi connectivity index (χ4n) is 2.70. The van der Waals surface area contributed by atoms with Crippen LogP contribution in [-0.4, -0.2) is 42.3 Å². The second kappa shape index (κ2) is 13.2. The van der Waals surface area contributed by atoms with E-state index in [1.54, 1.807) is 36.4 Å². The van der Waals surface area contributed by atoms with Crippen molar-refractivity contribution in [3.8, 4) is 0 Å². The zero-order chi connectivity index (χ0) is 24.2. The number of aliphatic carboxylic acids is 1. The van der Waals surface area contributed by atoms with Crippen LogP contribution >= 0.6 is 0 Å². The van der Waals surface area contributed by atoms with Crippen LogP contribution in [0.3, 0.4) is 0 Å². The highest BCUT2D eigenvalue weighted by Gasteiger charge is 2.21. The van der Waals surface area contributed by atoms with Gasteiger partial charge in [0.15, 0.2) is 6.04 Å². The van der Waals surface area contributed by atoms with Gasteiger partial charge in [0, 0.05) is 12.3 Å². The molecule has 8 nitrogen and oxygen atoms in total. The molecular formula is C24H29FN2O6. The largest absolute Gasteiger partial charge is 0.480 e. The quantitative estimate of drug-likeness (QED) is 0.416. The van der Waals surface area contributed by atoms with E-state index in [4.69, 9.17) is 9.47 Å². The van der Waals surface area contributed by atoms with Crippen LogP contribution in [0.2, 0.25) is 0 Å². The van der Waals surface area contributed by atoms with Gasteiger partial charge in [-0.05, 0) is 47.7 Å². The predicted octanol–water partition coefficient (Wildman–Crippen LogP) is 3.75. The van der Waals surface area contributed by atoms with Crippen LogP contribution in [0.25, 0.3) is 0 Å². The molecule has 0 aliphatic heterocycles. The Kier molecular flexibility index (Phi) is 10.3. The Hall–Kier alpha value is -3.46. The lowest BCUT2D eigenvalue weighted by Gasteiger charge is -2.15. The summed E-state index contributed by atoms with van der Waals surface area (Å²) in [6.45, 7) is 4.24. The Balaban J connectivity index is 1.75. The summed E-state index contributed by atoms with van der Waals surface area (Å²) in [5.41, 5.74) is 1.90. The third-order valence-electron chi connectivity index (χ3n) is 4.60. The van der Waals surface area contributed by atoms with Gasteiger partial charge < -0.3 is 25.2 Å². The minimum absolute atomic E-state index is 0.0732. The molecule has 2 rings (SSSR count). The van der Waals surface area contributed by atoms with Gasteiger partial charge in [-0.15, -0.1) is 0 Å². The summed E-state index contributed by atoms with van der Waals surface area (Å²) in [6.07, 6.45) is 0.0306. The van der Waals surface area contributed by atoms with Crippen molar-refractivity contribution in [2.45, 2.75) is 39.3 Å². The van der Waals surface area contributed by atoms with Crippen LogP contribution in [0.1, 0.15) is 31.4 Å². The second-order valence-electron chi connectivity index (χ2n) is 7.92. The first-order chi connectivity index (χ1) is 15.7. The summed E-state index contributed by atoms with van der Waals surface area (Å²) in [5.74, 6) is -1.39. The highest BCUT2D eigenvalue weighted by molar-refractivity contribution is 5.92. The molecule has 2 aromatic rings. The van der Waals surface area contributed by atoms with Crippen LogP contribution in [0.4, 0.5) is 14.9 Å². The number of alkyl carbamates (subject to hydrolysis) is 1. The molecule has 33 heavy (non-hydrogen) atoms. The SMILES string of the molecule is CC(C)CCOCC(NC(=O)OCc1ccc(NC(=O)Cc2ccc(F)cc2)cc1)C(=O)O. The standard InChI is InChI=1S/C24H29FN2O6/c1-16(2)11-12-32-15-21(23(29)30)27-24(31)33-14-18-5-9-20(10-6-18)26-22(28)13-17-3-7-19(25)8-4-17/h3-10,16,21H,11-15H2,1-2H3,(H,26,28)(H,27,31)(H,29,30). The van der Waals surface area contributed by atoms with Gasteiger partial charge in [-0.3, -0.25) is 4.79 Å². The number of carboxylic acids is 1. The average Bonchev–Trinajstić information content (AvgIpc) is 2.76. The van der Waals surface area contributed by atoms with Crippen molar-refractivity contribution in [3.05, 3.63) is 65.5 Å². The molecule has 9 heteroatoms. The lowest BCUT2D eigenvalue weighted by Crippen LogP contribution is -2.44. The molecular weight excluding hydrogens is 431 g/mol. The van der Waals surface area contributed by atoms with E-state index in [1.807, 2.05) is 13.8 Å². The van der Waals surface area contributed by atoms with Crippen molar-refractivity contribution in [1.29, 1.82) is 0 Å². The molecule has 1 atom stereocenters. The highest BCUT2D eigenvalue weighted by atomic mass is 19.1. The van der Waals surface area contributed by atoms with E-state index in [0.717, 1.165) is 6.42 Å². The third kappa shape index (κ3) is 10.1. The molecule has 0 heterocycles. The van der Waals surface area contributed by atoms with E-state index < -0.39 is 18.1 Å². The van der Waals surface area contributed by atoms with E-state index in [9.17, 15) is 23.9 Å². The number of ether oxygens (including phenoxy) is 2. The number of carbonyl (C=O) groups excluding carboxylic acids is 2. The Morgan fingerprint density at radius 2 is 1.64 bits per heavy atom. The van der Waals surface area contributed by atoms with Gasteiger partial charge >= 0.3 is 12.1 Å². The van der Waals surface area contributed by atoms with Gasteiger partial charge in [0.25, 0.3) is 0 Å². The third-order valence-corrected chi connectivity index (χ3v) is 4.60. The molecule has 0 bridgehead atoms. The number of amides is 2. The van der Waals surface area contributed by atoms with Gasteiger partial charge in [-0.25, -0.2) is 14.0 Å². The number of benzene rings is 2. The molecule has 178 valence electrons. The zero-order valence-corrected chi connectivity index (χ0v) is 18.7. The van der Waals surface area contributed by atoms with Crippen LogP contribution < -0.4 is 10.6 Å². The molecule has 0 saturated carbocycles. The van der Waals surface area contributed by atoms with Crippen molar-refractivity contribution in [2.24, 2.45) is 5.92 Å². The fraction of sp³-hybridized carbons (Fsp3) is 0.375. The van der Waals surface area contributed by atoms with E-state index in [2.05, 4.69) is 10.6 Å². The van der Waals surface area contributed by atoms with Gasteiger partial charge in [-0.2, -0.15) is 0 Å². The Morgan fingerprint density at radius 1 is 1.00 bits per heavy atom. The maximum atomic E-state index is 12.9. The molecule has 0 fully saturated rings. The summed E-state index contributed by atoms with van der Waals surface area (Å²) >= 11 is 0.